The quantitative estimate of drug-likeness (QED) is 0.292. The number of unbranched alkanes of at least 4 members (excludes halogenated alkanes) is 1. The molecule has 1 aromatic carbocycles. The summed E-state index contributed by atoms with van der Waals surface area (Å²) in [5, 5.41) is 0. The summed E-state index contributed by atoms with van der Waals surface area (Å²) in [7, 11) is -4.40. The van der Waals surface area contributed by atoms with Gasteiger partial charge in [-0.25, -0.2) is 8.42 Å². The van der Waals surface area contributed by atoms with Gasteiger partial charge in [-0.3, -0.25) is 9.59 Å². The minimum absolute atomic E-state index is 0.0606. The second-order valence-electron chi connectivity index (χ2n) is 5.33. The van der Waals surface area contributed by atoms with E-state index in [1.165, 1.54) is 12.1 Å². The van der Waals surface area contributed by atoms with Crippen molar-refractivity contribution in [1.82, 2.24) is 0 Å². The maximum Gasteiger partial charge on any atom is 0.263 e. The number of sulfone groups is 1. The Morgan fingerprint density at radius 1 is 1.30 bits per heavy atom. The van der Waals surface area contributed by atoms with E-state index in [2.05, 4.69) is 0 Å². The number of ketones is 1. The molecule has 6 nitrogen and oxygen atoms in total. The number of alkyl halides is 1. The van der Waals surface area contributed by atoms with Gasteiger partial charge in [0.05, 0.1) is 10.9 Å². The first-order valence-electron chi connectivity index (χ1n) is 7.17. The van der Waals surface area contributed by atoms with E-state index in [0.29, 0.717) is 19.4 Å². The standard InChI is InChI=1S/C15H21ClN2O4S/c1-11-5-7-12(8-6-11)23(21,22)15(16,10-19)14(20)13(18)4-2-3-9-17/h5-8,10,13H,2-4,9,17-18H2,1H3. The highest BCUT2D eigenvalue weighted by molar-refractivity contribution is 7.95. The molecule has 1 aromatic rings. The summed E-state index contributed by atoms with van der Waals surface area (Å²) in [6, 6.07) is 4.57. The number of rotatable bonds is 9. The maximum absolute atomic E-state index is 12.6. The highest BCUT2D eigenvalue weighted by Crippen LogP contribution is 2.31. The Morgan fingerprint density at radius 3 is 2.35 bits per heavy atom. The van der Waals surface area contributed by atoms with Crippen LogP contribution in [0.2, 0.25) is 0 Å². The van der Waals surface area contributed by atoms with Gasteiger partial charge < -0.3 is 11.5 Å². The molecule has 0 amide bonds. The zero-order valence-corrected chi connectivity index (χ0v) is 14.4. The minimum atomic E-state index is -4.40. The first kappa shape index (κ1) is 19.8. The predicted molar refractivity (Wildman–Crippen MR) is 88.9 cm³/mol. The summed E-state index contributed by atoms with van der Waals surface area (Å²) in [6.07, 6.45) is 1.33. The van der Waals surface area contributed by atoms with Crippen molar-refractivity contribution in [3.05, 3.63) is 29.8 Å². The average molecular weight is 361 g/mol. The van der Waals surface area contributed by atoms with Crippen LogP contribution in [-0.2, 0) is 19.4 Å². The van der Waals surface area contributed by atoms with Gasteiger partial charge in [0.2, 0.25) is 9.84 Å². The molecule has 8 heteroatoms. The molecule has 0 spiro atoms. The smallest absolute Gasteiger partial charge is 0.263 e. The van der Waals surface area contributed by atoms with Gasteiger partial charge >= 0.3 is 0 Å². The minimum Gasteiger partial charge on any atom is -0.330 e. The third-order valence-corrected chi connectivity index (χ3v) is 6.37. The van der Waals surface area contributed by atoms with Crippen LogP contribution in [-0.4, -0.2) is 37.3 Å². The largest absolute Gasteiger partial charge is 0.330 e. The summed E-state index contributed by atoms with van der Waals surface area (Å²) in [5.74, 6) is -1.02. The van der Waals surface area contributed by atoms with Crippen LogP contribution >= 0.6 is 11.6 Å². The van der Waals surface area contributed by atoms with Crippen LogP contribution in [0.1, 0.15) is 24.8 Å². The highest BCUT2D eigenvalue weighted by Gasteiger charge is 2.51. The van der Waals surface area contributed by atoms with Gasteiger partial charge in [-0.05, 0) is 38.4 Å². The third-order valence-electron chi connectivity index (χ3n) is 3.52. The van der Waals surface area contributed by atoms with E-state index in [0.717, 1.165) is 5.56 Å². The monoisotopic (exact) mass is 360 g/mol. The van der Waals surface area contributed by atoms with Crippen molar-refractivity contribution in [3.63, 3.8) is 0 Å². The number of aryl methyl sites for hydroxylation is 1. The molecule has 0 aromatic heterocycles. The van der Waals surface area contributed by atoms with Gasteiger partial charge in [-0.2, -0.15) is 0 Å². The SMILES string of the molecule is Cc1ccc(S(=O)(=O)C(Cl)(C=O)C(=O)C(N)CCCCN)cc1. The zero-order chi connectivity index (χ0) is 17.7. The molecule has 128 valence electrons. The zero-order valence-electron chi connectivity index (χ0n) is 12.9. The molecule has 1 rings (SSSR count). The molecule has 0 fully saturated rings. The fourth-order valence-electron chi connectivity index (χ4n) is 2.04. The summed E-state index contributed by atoms with van der Waals surface area (Å²) >= 11 is 5.94. The molecule has 0 aliphatic carbocycles. The van der Waals surface area contributed by atoms with E-state index >= 15 is 0 Å². The number of Topliss-reactive ketones (excluding diaryl/α,β-unsaturated/α-hetero) is 1. The van der Waals surface area contributed by atoms with Crippen molar-refractivity contribution in [2.45, 2.75) is 41.3 Å². The Labute approximate surface area is 141 Å². The molecule has 2 unspecified atom stereocenters. The lowest BCUT2D eigenvalue weighted by Gasteiger charge is -2.23. The van der Waals surface area contributed by atoms with Crippen molar-refractivity contribution in [1.29, 1.82) is 0 Å². The second-order valence-corrected chi connectivity index (χ2v) is 8.28. The molecule has 0 radical (unpaired) electrons. The van der Waals surface area contributed by atoms with Crippen molar-refractivity contribution < 1.29 is 18.0 Å². The van der Waals surface area contributed by atoms with Crippen LogP contribution in [0.4, 0.5) is 0 Å². The van der Waals surface area contributed by atoms with Crippen LogP contribution in [0.3, 0.4) is 0 Å². The summed E-state index contributed by atoms with van der Waals surface area (Å²) in [4.78, 5) is 23.6. The van der Waals surface area contributed by atoms with Gasteiger partial charge in [0, 0.05) is 0 Å². The topological polar surface area (TPSA) is 120 Å². The number of halogens is 1. The van der Waals surface area contributed by atoms with E-state index in [9.17, 15) is 18.0 Å². The Bertz CT molecular complexity index is 661. The first-order valence-corrected chi connectivity index (χ1v) is 9.03. The van der Waals surface area contributed by atoms with Crippen molar-refractivity contribution in [2.75, 3.05) is 6.54 Å². The molecule has 0 bridgehead atoms. The molecule has 23 heavy (non-hydrogen) atoms. The normalized spacial score (nSPS) is 15.7. The van der Waals surface area contributed by atoms with Gasteiger partial charge in [0.25, 0.3) is 4.21 Å². The Kier molecular flexibility index (Phi) is 6.88. The van der Waals surface area contributed by atoms with Crippen molar-refractivity contribution >= 4 is 33.5 Å². The van der Waals surface area contributed by atoms with Crippen LogP contribution in [0, 0.1) is 6.92 Å². The summed E-state index contributed by atoms with van der Waals surface area (Å²) in [5.41, 5.74) is 11.9. The lowest BCUT2D eigenvalue weighted by molar-refractivity contribution is -0.124. The van der Waals surface area contributed by atoms with E-state index in [-0.39, 0.29) is 17.6 Å². The molecular weight excluding hydrogens is 340 g/mol. The lowest BCUT2D eigenvalue weighted by Crippen LogP contribution is -2.51. The number of carbonyl (C=O) groups excluding carboxylic acids is 2. The number of nitrogens with two attached hydrogens (primary N) is 2. The molecular formula is C15H21ClN2O4S. The molecule has 0 saturated heterocycles. The fraction of sp³-hybridized carbons (Fsp3) is 0.467. The van der Waals surface area contributed by atoms with E-state index in [4.69, 9.17) is 23.1 Å². The van der Waals surface area contributed by atoms with E-state index < -0.39 is 25.9 Å². The Balaban J connectivity index is 3.14. The lowest BCUT2D eigenvalue weighted by atomic mass is 10.0. The highest BCUT2D eigenvalue weighted by atomic mass is 35.5. The summed E-state index contributed by atoms with van der Waals surface area (Å²) < 4.78 is 22.5. The van der Waals surface area contributed by atoms with Crippen LogP contribution in [0.15, 0.2) is 29.2 Å². The number of aldehydes is 1. The molecule has 0 heterocycles. The Morgan fingerprint density at radius 2 is 1.87 bits per heavy atom. The number of benzene rings is 1. The fourth-order valence-corrected chi connectivity index (χ4v) is 3.82. The molecule has 0 aliphatic rings. The van der Waals surface area contributed by atoms with Gasteiger partial charge in [-0.15, -0.1) is 0 Å². The van der Waals surface area contributed by atoms with Crippen LogP contribution in [0.25, 0.3) is 0 Å². The van der Waals surface area contributed by atoms with Gasteiger partial charge in [-0.1, -0.05) is 35.7 Å². The maximum atomic E-state index is 12.6. The number of hydrogen-bond acceptors (Lipinski definition) is 6. The van der Waals surface area contributed by atoms with E-state index in [1.807, 2.05) is 0 Å². The Hall–Kier alpha value is -1.28. The summed E-state index contributed by atoms with van der Waals surface area (Å²) in [6.45, 7) is 2.21. The van der Waals surface area contributed by atoms with E-state index in [1.54, 1.807) is 19.1 Å². The average Bonchev–Trinajstić information content (AvgIpc) is 2.53. The third kappa shape index (κ3) is 4.17. The van der Waals surface area contributed by atoms with Gasteiger partial charge in [0.15, 0.2) is 12.1 Å². The predicted octanol–water partition coefficient (Wildman–Crippen LogP) is 0.928. The number of hydrogen-bond donors (Lipinski definition) is 2. The van der Waals surface area contributed by atoms with Crippen LogP contribution < -0.4 is 11.5 Å². The molecule has 2 atom stereocenters. The van der Waals surface area contributed by atoms with Crippen molar-refractivity contribution in [2.24, 2.45) is 11.5 Å². The molecule has 4 N–H and O–H groups in total. The molecule has 0 saturated carbocycles. The second kappa shape index (κ2) is 8.01. The van der Waals surface area contributed by atoms with Gasteiger partial charge in [0.1, 0.15) is 0 Å². The first-order chi connectivity index (χ1) is 10.7. The molecule has 0 aliphatic heterocycles. The van der Waals surface area contributed by atoms with Crippen molar-refractivity contribution in [3.8, 4) is 0 Å². The number of carbonyl (C=O) groups is 2. The van der Waals surface area contributed by atoms with Crippen LogP contribution in [0.5, 0.6) is 0 Å².